The Labute approximate surface area is 105 Å². The maximum Gasteiger partial charge on any atom is 0.321 e. The summed E-state index contributed by atoms with van der Waals surface area (Å²) in [6.07, 6.45) is -0.133. The number of hydrogen-bond acceptors (Lipinski definition) is 3. The van der Waals surface area contributed by atoms with Crippen molar-refractivity contribution >= 4 is 23.4 Å². The van der Waals surface area contributed by atoms with E-state index < -0.39 is 5.97 Å². The number of nitrogens with one attached hydrogen (secondary N) is 1. The molecule has 6 nitrogen and oxygen atoms in total. The smallest absolute Gasteiger partial charge is 0.321 e. The van der Waals surface area contributed by atoms with Crippen molar-refractivity contribution in [3.63, 3.8) is 0 Å². The molecule has 0 aliphatic heterocycles. The average Bonchev–Trinajstić information content (AvgIpc) is 2.31. The highest BCUT2D eigenvalue weighted by Crippen LogP contribution is 2.22. The third kappa shape index (κ3) is 3.65. The fourth-order valence-electron chi connectivity index (χ4n) is 1.52. The van der Waals surface area contributed by atoms with E-state index in [1.165, 1.54) is 4.90 Å². The molecule has 1 aromatic carbocycles. The molecular formula is C12H17N3O3. The van der Waals surface area contributed by atoms with Gasteiger partial charge in [-0.15, -0.1) is 0 Å². The van der Waals surface area contributed by atoms with E-state index in [-0.39, 0.29) is 19.0 Å². The molecule has 1 rings (SSSR count). The number of nitrogens with zero attached hydrogens (tertiary/aromatic N) is 1. The van der Waals surface area contributed by atoms with E-state index in [1.807, 2.05) is 0 Å². The second kappa shape index (κ2) is 6.48. The number of carbonyl (C=O) groups excluding carboxylic acids is 1. The molecule has 0 spiro atoms. The molecule has 2 amide bonds. The van der Waals surface area contributed by atoms with Gasteiger partial charge in [0.05, 0.1) is 17.8 Å². The Bertz CT molecular complexity index is 434. The number of benzene rings is 1. The zero-order valence-electron chi connectivity index (χ0n) is 10.2. The van der Waals surface area contributed by atoms with Crippen molar-refractivity contribution in [2.24, 2.45) is 0 Å². The zero-order chi connectivity index (χ0) is 13.5. The second-order valence-corrected chi connectivity index (χ2v) is 3.69. The van der Waals surface area contributed by atoms with Gasteiger partial charge in [0.1, 0.15) is 0 Å². The van der Waals surface area contributed by atoms with Crippen LogP contribution >= 0.6 is 0 Å². The Hall–Kier alpha value is -2.24. The van der Waals surface area contributed by atoms with Crippen LogP contribution in [0.15, 0.2) is 24.3 Å². The van der Waals surface area contributed by atoms with Gasteiger partial charge in [-0.05, 0) is 19.1 Å². The van der Waals surface area contributed by atoms with Gasteiger partial charge in [-0.1, -0.05) is 12.1 Å². The van der Waals surface area contributed by atoms with Crippen LogP contribution in [-0.2, 0) is 4.79 Å². The van der Waals surface area contributed by atoms with Crippen molar-refractivity contribution in [1.29, 1.82) is 0 Å². The van der Waals surface area contributed by atoms with Gasteiger partial charge >= 0.3 is 12.0 Å². The predicted molar refractivity (Wildman–Crippen MR) is 69.5 cm³/mol. The lowest BCUT2D eigenvalue weighted by Crippen LogP contribution is -2.41. The minimum Gasteiger partial charge on any atom is -0.481 e. The minimum atomic E-state index is -0.959. The largest absolute Gasteiger partial charge is 0.481 e. The summed E-state index contributed by atoms with van der Waals surface area (Å²) in [4.78, 5) is 23.8. The van der Waals surface area contributed by atoms with E-state index in [9.17, 15) is 9.59 Å². The van der Waals surface area contributed by atoms with Crippen LogP contribution < -0.4 is 16.0 Å². The molecule has 0 atom stereocenters. The van der Waals surface area contributed by atoms with Gasteiger partial charge in [0.2, 0.25) is 0 Å². The van der Waals surface area contributed by atoms with Crippen molar-refractivity contribution < 1.29 is 14.7 Å². The van der Waals surface area contributed by atoms with Crippen LogP contribution in [0, 0.1) is 0 Å². The topological polar surface area (TPSA) is 95.7 Å². The predicted octanol–water partition coefficient (Wildman–Crippen LogP) is 1.28. The van der Waals surface area contributed by atoms with E-state index in [0.29, 0.717) is 17.9 Å². The highest BCUT2D eigenvalue weighted by atomic mass is 16.4. The van der Waals surface area contributed by atoms with Gasteiger partial charge in [0, 0.05) is 13.1 Å². The Kier molecular flexibility index (Phi) is 4.98. The summed E-state index contributed by atoms with van der Waals surface area (Å²) in [5, 5.41) is 11.3. The first-order valence-corrected chi connectivity index (χ1v) is 5.68. The van der Waals surface area contributed by atoms with Gasteiger partial charge < -0.3 is 16.2 Å². The monoisotopic (exact) mass is 251 g/mol. The number of nitrogens with two attached hydrogens (primary N) is 1. The summed E-state index contributed by atoms with van der Waals surface area (Å²) in [6, 6.07) is 6.51. The van der Waals surface area contributed by atoms with Crippen molar-refractivity contribution in [1.82, 2.24) is 5.32 Å². The van der Waals surface area contributed by atoms with Crippen LogP contribution in [-0.4, -0.2) is 30.2 Å². The lowest BCUT2D eigenvalue weighted by atomic mass is 10.2. The molecule has 98 valence electrons. The maximum absolute atomic E-state index is 11.9. The molecule has 6 heteroatoms. The molecule has 0 radical (unpaired) electrons. The molecule has 0 heterocycles. The maximum atomic E-state index is 11.9. The number of carbonyl (C=O) groups is 2. The summed E-state index contributed by atoms with van der Waals surface area (Å²) in [5.74, 6) is -0.959. The van der Waals surface area contributed by atoms with Crippen LogP contribution in [0.2, 0.25) is 0 Å². The second-order valence-electron chi connectivity index (χ2n) is 3.69. The molecular weight excluding hydrogens is 234 g/mol. The number of para-hydroxylation sites is 2. The Balaban J connectivity index is 2.93. The number of carboxylic acid groups (broad SMARTS) is 1. The highest BCUT2D eigenvalue weighted by Gasteiger charge is 2.17. The minimum absolute atomic E-state index is 0.0787. The number of amides is 2. The Morgan fingerprint density at radius 2 is 2.06 bits per heavy atom. The normalized spacial score (nSPS) is 9.83. The molecule has 18 heavy (non-hydrogen) atoms. The third-order valence-electron chi connectivity index (χ3n) is 2.35. The standard InChI is InChI=1S/C12H17N3O3/c1-2-14-12(18)15(8-7-11(16)17)10-6-4-3-5-9(10)13/h3-6H,2,7-8,13H2,1H3,(H,14,18)(H,16,17). The molecule has 0 aliphatic carbocycles. The molecule has 0 aliphatic rings. The fourth-order valence-corrected chi connectivity index (χ4v) is 1.52. The first kappa shape index (κ1) is 13.8. The van der Waals surface area contributed by atoms with Gasteiger partial charge in [-0.25, -0.2) is 4.79 Å². The fraction of sp³-hybridized carbons (Fsp3) is 0.333. The zero-order valence-corrected chi connectivity index (χ0v) is 10.2. The Morgan fingerprint density at radius 3 is 2.61 bits per heavy atom. The molecule has 1 aromatic rings. The van der Waals surface area contributed by atoms with Gasteiger partial charge in [0.15, 0.2) is 0 Å². The Morgan fingerprint density at radius 1 is 1.39 bits per heavy atom. The first-order valence-electron chi connectivity index (χ1n) is 5.68. The summed E-state index contributed by atoms with van der Waals surface area (Å²) < 4.78 is 0. The van der Waals surface area contributed by atoms with E-state index in [2.05, 4.69) is 5.32 Å². The van der Waals surface area contributed by atoms with E-state index in [0.717, 1.165) is 0 Å². The molecule has 0 fully saturated rings. The highest BCUT2D eigenvalue weighted by molar-refractivity contribution is 5.95. The van der Waals surface area contributed by atoms with Crippen LogP contribution in [0.3, 0.4) is 0 Å². The lowest BCUT2D eigenvalue weighted by Gasteiger charge is -2.23. The molecule has 0 bridgehead atoms. The lowest BCUT2D eigenvalue weighted by molar-refractivity contribution is -0.136. The number of nitrogen functional groups attached to an aromatic ring is 1. The summed E-state index contributed by atoms with van der Waals surface area (Å²) in [7, 11) is 0. The quantitative estimate of drug-likeness (QED) is 0.687. The summed E-state index contributed by atoms with van der Waals surface area (Å²) >= 11 is 0. The van der Waals surface area contributed by atoms with Crippen molar-refractivity contribution in [2.75, 3.05) is 23.7 Å². The van der Waals surface area contributed by atoms with E-state index in [1.54, 1.807) is 31.2 Å². The molecule has 0 saturated carbocycles. The number of urea groups is 1. The molecule has 0 unspecified atom stereocenters. The molecule has 0 aromatic heterocycles. The third-order valence-corrected chi connectivity index (χ3v) is 2.35. The summed E-state index contributed by atoms with van der Waals surface area (Å²) in [6.45, 7) is 2.34. The van der Waals surface area contributed by atoms with Crippen molar-refractivity contribution in [3.05, 3.63) is 24.3 Å². The number of carboxylic acids is 1. The van der Waals surface area contributed by atoms with Gasteiger partial charge in [-0.3, -0.25) is 9.69 Å². The number of aliphatic carboxylic acids is 1. The van der Waals surface area contributed by atoms with Crippen LogP contribution in [0.4, 0.5) is 16.2 Å². The van der Waals surface area contributed by atoms with Crippen molar-refractivity contribution in [3.8, 4) is 0 Å². The van der Waals surface area contributed by atoms with Crippen LogP contribution in [0.25, 0.3) is 0 Å². The molecule has 4 N–H and O–H groups in total. The van der Waals surface area contributed by atoms with Gasteiger partial charge in [-0.2, -0.15) is 0 Å². The van der Waals surface area contributed by atoms with Gasteiger partial charge in [0.25, 0.3) is 0 Å². The molecule has 0 saturated heterocycles. The van der Waals surface area contributed by atoms with E-state index >= 15 is 0 Å². The number of rotatable bonds is 5. The summed E-state index contributed by atoms with van der Waals surface area (Å²) in [5.41, 5.74) is 6.75. The number of hydrogen-bond donors (Lipinski definition) is 3. The van der Waals surface area contributed by atoms with Crippen LogP contribution in [0.1, 0.15) is 13.3 Å². The van der Waals surface area contributed by atoms with Crippen molar-refractivity contribution in [2.45, 2.75) is 13.3 Å². The SMILES string of the molecule is CCNC(=O)N(CCC(=O)O)c1ccccc1N. The van der Waals surface area contributed by atoms with Crippen LogP contribution in [0.5, 0.6) is 0 Å². The number of anilines is 2. The first-order chi connectivity index (χ1) is 8.56. The average molecular weight is 251 g/mol. The van der Waals surface area contributed by atoms with E-state index in [4.69, 9.17) is 10.8 Å².